The summed E-state index contributed by atoms with van der Waals surface area (Å²) in [4.78, 5) is 11.7. The average molecular weight is 309 g/mol. The van der Waals surface area contributed by atoms with E-state index in [1.165, 1.54) is 0 Å². The molecule has 1 aliphatic rings. The molecule has 2 rings (SSSR count). The second kappa shape index (κ2) is 9.18. The van der Waals surface area contributed by atoms with Gasteiger partial charge >= 0.3 is 0 Å². The number of piperidine rings is 1. The lowest BCUT2D eigenvalue weighted by Gasteiger charge is -2.23. The Morgan fingerprint density at radius 2 is 2.37 bits per heavy atom. The number of nitrogens with zero attached hydrogens (tertiary/aromatic N) is 2. The SMILES string of the molecule is Cl.Cl.Cn1cc(CCC(=O)N[C@H]2CCCNC2)cn1. The molecule has 1 fully saturated rings. The largest absolute Gasteiger partial charge is 0.352 e. The quantitative estimate of drug-likeness (QED) is 0.874. The Labute approximate surface area is 126 Å². The number of rotatable bonds is 4. The maximum absolute atomic E-state index is 11.7. The zero-order valence-electron chi connectivity index (χ0n) is 11.1. The van der Waals surface area contributed by atoms with Gasteiger partial charge in [0.15, 0.2) is 0 Å². The summed E-state index contributed by atoms with van der Waals surface area (Å²) in [5.74, 6) is 0.141. The molecule has 0 aromatic carbocycles. The van der Waals surface area contributed by atoms with Crippen molar-refractivity contribution in [3.05, 3.63) is 18.0 Å². The lowest BCUT2D eigenvalue weighted by molar-refractivity contribution is -0.121. The van der Waals surface area contributed by atoms with Gasteiger partial charge < -0.3 is 10.6 Å². The van der Waals surface area contributed by atoms with E-state index >= 15 is 0 Å². The molecule has 1 aromatic rings. The van der Waals surface area contributed by atoms with Crippen LogP contribution in [0.2, 0.25) is 0 Å². The summed E-state index contributed by atoms with van der Waals surface area (Å²) < 4.78 is 1.76. The molecule has 2 heterocycles. The Balaban J connectivity index is 0.00000162. The smallest absolute Gasteiger partial charge is 0.220 e. The fraction of sp³-hybridized carbons (Fsp3) is 0.667. The maximum atomic E-state index is 11.7. The summed E-state index contributed by atoms with van der Waals surface area (Å²) in [5.41, 5.74) is 1.12. The molecular weight excluding hydrogens is 287 g/mol. The third kappa shape index (κ3) is 6.27. The highest BCUT2D eigenvalue weighted by molar-refractivity contribution is 5.85. The van der Waals surface area contributed by atoms with Crippen molar-refractivity contribution in [3.63, 3.8) is 0 Å². The highest BCUT2D eigenvalue weighted by Gasteiger charge is 2.14. The number of hydrogen-bond donors (Lipinski definition) is 2. The monoisotopic (exact) mass is 308 g/mol. The minimum Gasteiger partial charge on any atom is -0.352 e. The molecule has 0 unspecified atom stereocenters. The number of carbonyl (C=O) groups is 1. The summed E-state index contributed by atoms with van der Waals surface area (Å²) in [7, 11) is 1.89. The van der Waals surface area contributed by atoms with Crippen molar-refractivity contribution in [3.8, 4) is 0 Å². The highest BCUT2D eigenvalue weighted by Crippen LogP contribution is 2.04. The zero-order chi connectivity index (χ0) is 12.1. The molecule has 1 amide bonds. The number of nitrogens with one attached hydrogen (secondary N) is 2. The van der Waals surface area contributed by atoms with Gasteiger partial charge in [-0.05, 0) is 31.4 Å². The first-order chi connectivity index (χ1) is 8.24. The van der Waals surface area contributed by atoms with Crippen LogP contribution in [0.5, 0.6) is 0 Å². The van der Waals surface area contributed by atoms with Crippen LogP contribution >= 0.6 is 24.8 Å². The molecule has 2 N–H and O–H groups in total. The number of amides is 1. The maximum Gasteiger partial charge on any atom is 0.220 e. The van der Waals surface area contributed by atoms with Gasteiger partial charge in [-0.1, -0.05) is 0 Å². The summed E-state index contributed by atoms with van der Waals surface area (Å²) in [6, 6.07) is 0.310. The first kappa shape index (κ1) is 18.2. The Kier molecular flexibility index (Phi) is 8.80. The van der Waals surface area contributed by atoms with E-state index in [4.69, 9.17) is 0 Å². The predicted octanol–water partition coefficient (Wildman–Crippen LogP) is 1.06. The highest BCUT2D eigenvalue weighted by atomic mass is 35.5. The van der Waals surface area contributed by atoms with Crippen molar-refractivity contribution in [1.29, 1.82) is 0 Å². The van der Waals surface area contributed by atoms with Gasteiger partial charge in [0.25, 0.3) is 0 Å². The Bertz CT molecular complexity index is 378. The van der Waals surface area contributed by atoms with Gasteiger partial charge in [-0.3, -0.25) is 9.48 Å². The van der Waals surface area contributed by atoms with Crippen molar-refractivity contribution in [2.45, 2.75) is 31.7 Å². The zero-order valence-corrected chi connectivity index (χ0v) is 12.7. The van der Waals surface area contributed by atoms with Crippen LogP contribution < -0.4 is 10.6 Å². The Morgan fingerprint density at radius 3 is 2.95 bits per heavy atom. The van der Waals surface area contributed by atoms with Crippen LogP contribution in [0.1, 0.15) is 24.8 Å². The van der Waals surface area contributed by atoms with E-state index in [-0.39, 0.29) is 30.7 Å². The van der Waals surface area contributed by atoms with Crippen molar-refractivity contribution in [2.75, 3.05) is 13.1 Å². The van der Waals surface area contributed by atoms with Crippen molar-refractivity contribution >= 4 is 30.7 Å². The van der Waals surface area contributed by atoms with Crippen LogP contribution in [0.4, 0.5) is 0 Å². The number of carbonyl (C=O) groups excluding carboxylic acids is 1. The van der Waals surface area contributed by atoms with Crippen LogP contribution in [0.3, 0.4) is 0 Å². The van der Waals surface area contributed by atoms with E-state index in [1.807, 2.05) is 19.4 Å². The molecule has 110 valence electrons. The first-order valence-corrected chi connectivity index (χ1v) is 6.21. The molecule has 1 aromatic heterocycles. The molecule has 0 saturated carbocycles. The van der Waals surface area contributed by atoms with Gasteiger partial charge in [0.2, 0.25) is 5.91 Å². The number of aryl methyl sites for hydroxylation is 2. The van der Waals surface area contributed by atoms with E-state index in [0.29, 0.717) is 12.5 Å². The van der Waals surface area contributed by atoms with Crippen molar-refractivity contribution in [1.82, 2.24) is 20.4 Å². The fourth-order valence-corrected chi connectivity index (χ4v) is 2.13. The molecule has 1 saturated heterocycles. The van der Waals surface area contributed by atoms with Gasteiger partial charge in [0.1, 0.15) is 0 Å². The number of aromatic nitrogens is 2. The van der Waals surface area contributed by atoms with E-state index < -0.39 is 0 Å². The Morgan fingerprint density at radius 1 is 1.58 bits per heavy atom. The molecule has 1 atom stereocenters. The molecular formula is C12H22Cl2N4O. The number of halogens is 2. The van der Waals surface area contributed by atoms with Gasteiger partial charge in [-0.2, -0.15) is 5.10 Å². The fourth-order valence-electron chi connectivity index (χ4n) is 2.13. The van der Waals surface area contributed by atoms with Crippen LogP contribution in [0, 0.1) is 0 Å². The van der Waals surface area contributed by atoms with E-state index in [1.54, 1.807) is 4.68 Å². The minimum atomic E-state index is 0. The van der Waals surface area contributed by atoms with Crippen molar-refractivity contribution in [2.24, 2.45) is 7.05 Å². The van der Waals surface area contributed by atoms with Gasteiger partial charge in [-0.25, -0.2) is 0 Å². The van der Waals surface area contributed by atoms with Crippen molar-refractivity contribution < 1.29 is 4.79 Å². The molecule has 0 radical (unpaired) electrons. The van der Waals surface area contributed by atoms with Crippen LogP contribution in [-0.2, 0) is 18.3 Å². The molecule has 0 spiro atoms. The van der Waals surface area contributed by atoms with Crippen LogP contribution in [-0.4, -0.2) is 34.8 Å². The van der Waals surface area contributed by atoms with E-state index in [0.717, 1.165) is 37.9 Å². The Hall–Kier alpha value is -0.780. The van der Waals surface area contributed by atoms with Gasteiger partial charge in [-0.15, -0.1) is 24.8 Å². The lowest BCUT2D eigenvalue weighted by Crippen LogP contribution is -2.45. The molecule has 1 aliphatic heterocycles. The molecule has 5 nitrogen and oxygen atoms in total. The summed E-state index contributed by atoms with van der Waals surface area (Å²) in [6.07, 6.45) is 7.31. The van der Waals surface area contributed by atoms with Crippen LogP contribution in [0.15, 0.2) is 12.4 Å². The normalized spacial score (nSPS) is 18.1. The minimum absolute atomic E-state index is 0. The average Bonchev–Trinajstić information content (AvgIpc) is 2.74. The lowest BCUT2D eigenvalue weighted by atomic mass is 10.1. The summed E-state index contributed by atoms with van der Waals surface area (Å²) in [6.45, 7) is 1.97. The van der Waals surface area contributed by atoms with E-state index in [2.05, 4.69) is 15.7 Å². The standard InChI is InChI=1S/C12H20N4O.2ClH/c1-16-9-10(7-14-16)4-5-12(17)15-11-3-2-6-13-8-11;;/h7,9,11,13H,2-6,8H2,1H3,(H,15,17);2*1H/t11-;;/m0../s1. The predicted molar refractivity (Wildman–Crippen MR) is 80.1 cm³/mol. The molecule has 0 bridgehead atoms. The summed E-state index contributed by atoms with van der Waals surface area (Å²) in [5, 5.41) is 10.4. The second-order valence-corrected chi connectivity index (χ2v) is 4.63. The number of hydrogen-bond acceptors (Lipinski definition) is 3. The topological polar surface area (TPSA) is 59.0 Å². The molecule has 0 aliphatic carbocycles. The van der Waals surface area contributed by atoms with Gasteiger partial charge in [0.05, 0.1) is 6.20 Å². The second-order valence-electron chi connectivity index (χ2n) is 4.63. The molecule has 7 heteroatoms. The molecule has 19 heavy (non-hydrogen) atoms. The third-order valence-electron chi connectivity index (χ3n) is 3.06. The first-order valence-electron chi connectivity index (χ1n) is 6.21. The van der Waals surface area contributed by atoms with Gasteiger partial charge in [0, 0.05) is 32.3 Å². The van der Waals surface area contributed by atoms with E-state index in [9.17, 15) is 4.79 Å². The third-order valence-corrected chi connectivity index (χ3v) is 3.06. The summed E-state index contributed by atoms with van der Waals surface area (Å²) >= 11 is 0. The van der Waals surface area contributed by atoms with Crippen LogP contribution in [0.25, 0.3) is 0 Å².